The molecule has 0 aliphatic carbocycles. The summed E-state index contributed by atoms with van der Waals surface area (Å²) in [6, 6.07) is 7.93. The molecule has 0 amide bonds. The summed E-state index contributed by atoms with van der Waals surface area (Å²) in [5.74, 6) is -0.649. The number of carboxylic acid groups (broad SMARTS) is 1. The molecule has 9 nitrogen and oxygen atoms in total. The van der Waals surface area contributed by atoms with Crippen LogP contribution < -0.4 is 4.72 Å². The van der Waals surface area contributed by atoms with Crippen LogP contribution in [0.25, 0.3) is 22.8 Å². The Kier molecular flexibility index (Phi) is 4.78. The van der Waals surface area contributed by atoms with Gasteiger partial charge in [-0.2, -0.15) is 9.71 Å². The van der Waals surface area contributed by atoms with Crippen molar-refractivity contribution in [3.05, 3.63) is 48.8 Å². The Bertz CT molecular complexity index is 1020. The van der Waals surface area contributed by atoms with E-state index >= 15 is 0 Å². The topological polar surface area (TPSA) is 135 Å². The predicted octanol–water partition coefficient (Wildman–Crippen LogP) is 1.55. The zero-order chi connectivity index (χ0) is 18.7. The standard InChI is InChI=1S/C16H14N4O5S/c1-10(16(21)22)20-26(23,24)13-4-2-11(3-5-13)14-18-15(25-19-14)12-6-8-17-9-7-12/h2-10,20H,1H3,(H,21,22). The van der Waals surface area contributed by atoms with E-state index in [1.807, 2.05) is 0 Å². The number of hydrogen-bond acceptors (Lipinski definition) is 7. The van der Waals surface area contributed by atoms with Crippen molar-refractivity contribution in [1.29, 1.82) is 0 Å². The lowest BCUT2D eigenvalue weighted by Gasteiger charge is -2.10. The highest BCUT2D eigenvalue weighted by Gasteiger charge is 2.21. The zero-order valence-electron chi connectivity index (χ0n) is 13.5. The fourth-order valence-corrected chi connectivity index (χ4v) is 3.28. The minimum Gasteiger partial charge on any atom is -0.480 e. The molecular formula is C16H14N4O5S. The maximum Gasteiger partial charge on any atom is 0.321 e. The molecule has 3 aromatic rings. The maximum atomic E-state index is 12.2. The SMILES string of the molecule is CC(NS(=O)(=O)c1ccc(-c2noc(-c3ccncc3)n2)cc1)C(=O)O. The molecule has 0 aliphatic rings. The number of aliphatic carboxylic acids is 1. The molecule has 0 bridgehead atoms. The van der Waals surface area contributed by atoms with Crippen LogP contribution in [0.5, 0.6) is 0 Å². The second kappa shape index (κ2) is 7.02. The van der Waals surface area contributed by atoms with E-state index in [9.17, 15) is 13.2 Å². The number of hydrogen-bond donors (Lipinski definition) is 2. The number of pyridine rings is 1. The molecule has 10 heteroatoms. The highest BCUT2D eigenvalue weighted by atomic mass is 32.2. The van der Waals surface area contributed by atoms with Gasteiger partial charge in [0, 0.05) is 23.5 Å². The minimum absolute atomic E-state index is 0.0628. The lowest BCUT2D eigenvalue weighted by atomic mass is 10.2. The molecule has 0 fully saturated rings. The lowest BCUT2D eigenvalue weighted by Crippen LogP contribution is -2.38. The van der Waals surface area contributed by atoms with E-state index in [4.69, 9.17) is 9.63 Å². The number of benzene rings is 1. The van der Waals surface area contributed by atoms with Crippen LogP contribution in [0.1, 0.15) is 6.92 Å². The Balaban J connectivity index is 1.82. The summed E-state index contributed by atoms with van der Waals surface area (Å²) in [5, 5.41) is 12.7. The number of nitrogens with zero attached hydrogens (tertiary/aromatic N) is 3. The molecule has 26 heavy (non-hydrogen) atoms. The molecule has 3 rings (SSSR count). The summed E-state index contributed by atoms with van der Waals surface area (Å²) >= 11 is 0. The van der Waals surface area contributed by atoms with E-state index in [0.717, 1.165) is 0 Å². The predicted molar refractivity (Wildman–Crippen MR) is 90.4 cm³/mol. The van der Waals surface area contributed by atoms with Gasteiger partial charge in [0.2, 0.25) is 15.8 Å². The van der Waals surface area contributed by atoms with E-state index in [2.05, 4.69) is 19.8 Å². The molecule has 2 N–H and O–H groups in total. The molecule has 0 saturated carbocycles. The number of nitrogens with one attached hydrogen (secondary N) is 1. The van der Waals surface area contributed by atoms with E-state index < -0.39 is 22.0 Å². The number of carboxylic acids is 1. The number of sulfonamides is 1. The van der Waals surface area contributed by atoms with Crippen LogP contribution in [0.3, 0.4) is 0 Å². The summed E-state index contributed by atoms with van der Waals surface area (Å²) in [5.41, 5.74) is 1.27. The second-order valence-corrected chi connectivity index (χ2v) is 7.08. The molecule has 1 unspecified atom stereocenters. The van der Waals surface area contributed by atoms with Crippen molar-refractivity contribution >= 4 is 16.0 Å². The van der Waals surface area contributed by atoms with Crippen LogP contribution in [0.15, 0.2) is 58.2 Å². The molecule has 0 spiro atoms. The van der Waals surface area contributed by atoms with Crippen molar-refractivity contribution in [2.24, 2.45) is 0 Å². The van der Waals surface area contributed by atoms with Gasteiger partial charge in [-0.3, -0.25) is 9.78 Å². The van der Waals surface area contributed by atoms with Crippen LogP contribution in [0.2, 0.25) is 0 Å². The Labute approximate surface area is 148 Å². The van der Waals surface area contributed by atoms with Gasteiger partial charge in [0.1, 0.15) is 6.04 Å². The van der Waals surface area contributed by atoms with Gasteiger partial charge < -0.3 is 9.63 Å². The van der Waals surface area contributed by atoms with Crippen molar-refractivity contribution in [2.45, 2.75) is 17.9 Å². The summed E-state index contributed by atoms with van der Waals surface area (Å²) in [7, 11) is -3.94. The molecule has 1 aromatic carbocycles. The van der Waals surface area contributed by atoms with Gasteiger partial charge in [-0.1, -0.05) is 5.16 Å². The number of aromatic nitrogens is 3. The molecular weight excluding hydrogens is 360 g/mol. The van der Waals surface area contributed by atoms with Crippen LogP contribution in [0, 0.1) is 0 Å². The maximum absolute atomic E-state index is 12.2. The summed E-state index contributed by atoms with van der Waals surface area (Å²) in [6.07, 6.45) is 3.20. The summed E-state index contributed by atoms with van der Waals surface area (Å²) in [4.78, 5) is 18.9. The average molecular weight is 374 g/mol. The molecule has 1 atom stereocenters. The van der Waals surface area contributed by atoms with E-state index in [1.165, 1.54) is 31.2 Å². The Morgan fingerprint density at radius 2 is 1.77 bits per heavy atom. The van der Waals surface area contributed by atoms with Gasteiger partial charge in [-0.25, -0.2) is 8.42 Å². The van der Waals surface area contributed by atoms with Crippen LogP contribution in [0.4, 0.5) is 0 Å². The monoisotopic (exact) mass is 374 g/mol. The third-order valence-corrected chi connectivity index (χ3v) is 5.04. The van der Waals surface area contributed by atoms with Crippen LogP contribution in [-0.2, 0) is 14.8 Å². The Morgan fingerprint density at radius 3 is 2.38 bits per heavy atom. The van der Waals surface area contributed by atoms with Gasteiger partial charge >= 0.3 is 5.97 Å². The minimum atomic E-state index is -3.94. The smallest absolute Gasteiger partial charge is 0.321 e. The highest BCUT2D eigenvalue weighted by molar-refractivity contribution is 7.89. The van der Waals surface area contributed by atoms with Gasteiger partial charge in [-0.15, -0.1) is 0 Å². The molecule has 2 heterocycles. The lowest BCUT2D eigenvalue weighted by molar-refractivity contribution is -0.138. The average Bonchev–Trinajstić information content (AvgIpc) is 3.12. The first-order chi connectivity index (χ1) is 12.4. The second-order valence-electron chi connectivity index (χ2n) is 5.36. The van der Waals surface area contributed by atoms with Crippen LogP contribution >= 0.6 is 0 Å². The third-order valence-electron chi connectivity index (χ3n) is 3.48. The third kappa shape index (κ3) is 3.76. The summed E-state index contributed by atoms with van der Waals surface area (Å²) in [6.45, 7) is 1.24. The van der Waals surface area contributed by atoms with E-state index in [0.29, 0.717) is 22.8 Å². The fourth-order valence-electron chi connectivity index (χ4n) is 2.09. The Hall–Kier alpha value is -3.11. The van der Waals surface area contributed by atoms with Crippen molar-refractivity contribution in [2.75, 3.05) is 0 Å². The largest absolute Gasteiger partial charge is 0.480 e. The molecule has 0 saturated heterocycles. The molecule has 2 aromatic heterocycles. The first kappa shape index (κ1) is 17.7. The van der Waals surface area contributed by atoms with Crippen molar-refractivity contribution in [3.63, 3.8) is 0 Å². The van der Waals surface area contributed by atoms with Gasteiger partial charge in [0.05, 0.1) is 4.90 Å². The Morgan fingerprint density at radius 1 is 1.12 bits per heavy atom. The quantitative estimate of drug-likeness (QED) is 0.663. The van der Waals surface area contributed by atoms with Crippen molar-refractivity contribution in [3.8, 4) is 22.8 Å². The van der Waals surface area contributed by atoms with E-state index in [1.54, 1.807) is 24.5 Å². The van der Waals surface area contributed by atoms with Gasteiger partial charge in [-0.05, 0) is 43.3 Å². The van der Waals surface area contributed by atoms with Crippen molar-refractivity contribution < 1.29 is 22.8 Å². The van der Waals surface area contributed by atoms with Gasteiger partial charge in [0.15, 0.2) is 0 Å². The first-order valence-electron chi connectivity index (χ1n) is 7.46. The number of carbonyl (C=O) groups is 1. The zero-order valence-corrected chi connectivity index (χ0v) is 14.3. The molecule has 134 valence electrons. The molecule has 0 radical (unpaired) electrons. The summed E-state index contributed by atoms with van der Waals surface area (Å²) < 4.78 is 31.6. The molecule has 0 aliphatic heterocycles. The normalized spacial score (nSPS) is 12.7. The highest BCUT2D eigenvalue weighted by Crippen LogP contribution is 2.22. The fraction of sp³-hybridized carbons (Fsp3) is 0.125. The van der Waals surface area contributed by atoms with E-state index in [-0.39, 0.29) is 4.90 Å². The van der Waals surface area contributed by atoms with Gasteiger partial charge in [0.25, 0.3) is 5.89 Å². The first-order valence-corrected chi connectivity index (χ1v) is 8.95. The van der Waals surface area contributed by atoms with Crippen LogP contribution in [-0.4, -0.2) is 40.7 Å². The number of rotatable bonds is 6. The van der Waals surface area contributed by atoms with Crippen molar-refractivity contribution in [1.82, 2.24) is 19.8 Å².